The maximum Gasteiger partial charge on any atom is 0.194 e. The summed E-state index contributed by atoms with van der Waals surface area (Å²) in [5.74, 6) is 0.968. The van der Waals surface area contributed by atoms with Crippen LogP contribution in [0.15, 0.2) is 48.2 Å². The molecule has 29 heavy (non-hydrogen) atoms. The van der Waals surface area contributed by atoms with Crippen molar-refractivity contribution in [3.63, 3.8) is 0 Å². The van der Waals surface area contributed by atoms with E-state index in [1.165, 1.54) is 6.20 Å². The molecule has 0 atom stereocenters. The molecule has 0 spiro atoms. The summed E-state index contributed by atoms with van der Waals surface area (Å²) >= 11 is 0. The molecule has 0 fully saturated rings. The number of H-pyrrole nitrogens is 1. The maximum absolute atomic E-state index is 13.1. The lowest BCUT2D eigenvalue weighted by molar-refractivity contribution is 0.103. The molecule has 1 aliphatic carbocycles. The van der Waals surface area contributed by atoms with Crippen LogP contribution in [-0.4, -0.2) is 25.5 Å². The number of anilines is 1. The van der Waals surface area contributed by atoms with Crippen LogP contribution in [0.25, 0.3) is 22.8 Å². The number of Topliss-reactive ketones (excluding diaryl/α,β-unsaturated/α-hetero) is 1. The van der Waals surface area contributed by atoms with Gasteiger partial charge in [-0.15, -0.1) is 0 Å². The molecule has 0 unspecified atom stereocenters. The second-order valence-corrected chi connectivity index (χ2v) is 7.08. The molecule has 0 saturated heterocycles. The number of nitrogens with two attached hydrogens (primary N) is 1. The number of aromatic amines is 1. The zero-order chi connectivity index (χ0) is 20.1. The number of aryl methyl sites for hydroxylation is 1. The number of nitrogen functional groups attached to an aromatic ring is 1. The summed E-state index contributed by atoms with van der Waals surface area (Å²) < 4.78 is 1.55. The Morgan fingerprint density at radius 1 is 1.28 bits per heavy atom. The number of rotatable bonds is 3. The summed E-state index contributed by atoms with van der Waals surface area (Å²) in [5.41, 5.74) is 12.3. The van der Waals surface area contributed by atoms with E-state index in [4.69, 9.17) is 11.0 Å². The molecule has 4 aromatic rings. The number of nitrogens with zero attached hydrogens (tertiary/aromatic N) is 4. The standard InChI is InChI=1S/C22H16N6O/c1-12-26-19-5-4-17(9-20(19)27-12)28-22(24)18(11-25-28)21(29)16-7-14-3-2-13(10-23)6-15(14)8-16/h2-6,8-9,11H,7,24H2,1H3,(H,26,27). The third kappa shape index (κ3) is 2.70. The second-order valence-electron chi connectivity index (χ2n) is 7.08. The number of ketones is 1. The molecule has 7 nitrogen and oxygen atoms in total. The van der Waals surface area contributed by atoms with Crippen molar-refractivity contribution in [2.24, 2.45) is 0 Å². The molecule has 0 saturated carbocycles. The highest BCUT2D eigenvalue weighted by Gasteiger charge is 2.24. The molecule has 0 amide bonds. The van der Waals surface area contributed by atoms with Crippen LogP contribution in [0.3, 0.4) is 0 Å². The predicted molar refractivity (Wildman–Crippen MR) is 110 cm³/mol. The fourth-order valence-corrected chi connectivity index (χ4v) is 3.72. The second kappa shape index (κ2) is 6.17. The monoisotopic (exact) mass is 380 g/mol. The predicted octanol–water partition coefficient (Wildman–Crippen LogP) is 3.33. The summed E-state index contributed by atoms with van der Waals surface area (Å²) in [7, 11) is 0. The Morgan fingerprint density at radius 2 is 2.14 bits per heavy atom. The Balaban J connectivity index is 1.49. The van der Waals surface area contributed by atoms with Gasteiger partial charge in [-0.2, -0.15) is 10.4 Å². The SMILES string of the molecule is Cc1nc2ccc(-n3ncc(C(=O)C4=Cc5cc(C#N)ccc5C4)c3N)cc2[nH]1. The topological polar surface area (TPSA) is 113 Å². The lowest BCUT2D eigenvalue weighted by atomic mass is 10.0. The van der Waals surface area contributed by atoms with Crippen molar-refractivity contribution in [1.29, 1.82) is 5.26 Å². The number of nitriles is 1. The molecular formula is C22H16N6O. The number of aromatic nitrogens is 4. The van der Waals surface area contributed by atoms with Crippen LogP contribution in [0.4, 0.5) is 5.82 Å². The van der Waals surface area contributed by atoms with E-state index in [1.807, 2.05) is 37.3 Å². The molecule has 7 heteroatoms. The van der Waals surface area contributed by atoms with E-state index in [2.05, 4.69) is 21.1 Å². The van der Waals surface area contributed by atoms with Crippen molar-refractivity contribution in [3.05, 3.63) is 76.2 Å². The number of allylic oxidation sites excluding steroid dienone is 1. The van der Waals surface area contributed by atoms with Gasteiger partial charge in [0.05, 0.1) is 40.1 Å². The molecule has 1 aliphatic rings. The summed E-state index contributed by atoms with van der Waals surface area (Å²) in [6.45, 7) is 1.89. The number of nitrogens with one attached hydrogen (secondary N) is 1. The van der Waals surface area contributed by atoms with Gasteiger partial charge in [-0.05, 0) is 54.5 Å². The summed E-state index contributed by atoms with van der Waals surface area (Å²) in [4.78, 5) is 20.6. The largest absolute Gasteiger partial charge is 0.383 e. The van der Waals surface area contributed by atoms with E-state index < -0.39 is 0 Å². The fraction of sp³-hybridized carbons (Fsp3) is 0.0909. The molecular weight excluding hydrogens is 364 g/mol. The number of carbonyl (C=O) groups excluding carboxylic acids is 1. The quantitative estimate of drug-likeness (QED) is 0.529. The molecule has 2 aromatic carbocycles. The highest BCUT2D eigenvalue weighted by molar-refractivity contribution is 6.15. The van der Waals surface area contributed by atoms with Gasteiger partial charge in [-0.25, -0.2) is 9.67 Å². The van der Waals surface area contributed by atoms with E-state index in [0.29, 0.717) is 28.9 Å². The minimum Gasteiger partial charge on any atom is -0.383 e. The van der Waals surface area contributed by atoms with Crippen LogP contribution >= 0.6 is 0 Å². The minimum absolute atomic E-state index is 0.151. The van der Waals surface area contributed by atoms with E-state index in [-0.39, 0.29) is 5.78 Å². The Bertz CT molecular complexity index is 1380. The first-order chi connectivity index (χ1) is 14.0. The first kappa shape index (κ1) is 17.0. The smallest absolute Gasteiger partial charge is 0.194 e. The molecule has 0 radical (unpaired) electrons. The minimum atomic E-state index is -0.151. The molecule has 2 aromatic heterocycles. The maximum atomic E-state index is 13.1. The van der Waals surface area contributed by atoms with Crippen molar-refractivity contribution in [3.8, 4) is 11.8 Å². The third-order valence-electron chi connectivity index (χ3n) is 5.16. The van der Waals surface area contributed by atoms with Crippen LogP contribution in [0.2, 0.25) is 0 Å². The van der Waals surface area contributed by atoms with Gasteiger partial charge in [0.15, 0.2) is 5.78 Å². The molecule has 3 N–H and O–H groups in total. The number of hydrogen-bond acceptors (Lipinski definition) is 5. The van der Waals surface area contributed by atoms with Gasteiger partial charge in [-0.3, -0.25) is 4.79 Å². The van der Waals surface area contributed by atoms with Crippen LogP contribution in [0, 0.1) is 18.3 Å². The lowest BCUT2D eigenvalue weighted by Gasteiger charge is -2.05. The zero-order valence-corrected chi connectivity index (χ0v) is 15.6. The molecule has 5 rings (SSSR count). The Morgan fingerprint density at radius 3 is 2.97 bits per heavy atom. The molecule has 2 heterocycles. The number of fused-ring (bicyclic) bond motifs is 2. The lowest BCUT2D eigenvalue weighted by Crippen LogP contribution is -2.08. The van der Waals surface area contributed by atoms with Gasteiger partial charge in [0.25, 0.3) is 0 Å². The van der Waals surface area contributed by atoms with E-state index in [0.717, 1.165) is 33.7 Å². The van der Waals surface area contributed by atoms with E-state index in [1.54, 1.807) is 16.8 Å². The average molecular weight is 380 g/mol. The van der Waals surface area contributed by atoms with Crippen LogP contribution in [0.5, 0.6) is 0 Å². The van der Waals surface area contributed by atoms with E-state index >= 15 is 0 Å². The molecule has 140 valence electrons. The van der Waals surface area contributed by atoms with Crippen molar-refractivity contribution >= 4 is 28.7 Å². The number of hydrogen-bond donors (Lipinski definition) is 2. The Labute approximate surface area is 166 Å². The highest BCUT2D eigenvalue weighted by atomic mass is 16.1. The molecule has 0 aliphatic heterocycles. The summed E-state index contributed by atoms with van der Waals surface area (Å²) in [6, 6.07) is 13.2. The number of carbonyl (C=O) groups is 1. The third-order valence-corrected chi connectivity index (χ3v) is 5.16. The van der Waals surface area contributed by atoms with Gasteiger partial charge in [-0.1, -0.05) is 6.07 Å². The van der Waals surface area contributed by atoms with Crippen molar-refractivity contribution in [2.45, 2.75) is 13.3 Å². The van der Waals surface area contributed by atoms with Crippen molar-refractivity contribution in [1.82, 2.24) is 19.7 Å². The normalized spacial score (nSPS) is 12.6. The van der Waals surface area contributed by atoms with Gasteiger partial charge in [0.1, 0.15) is 11.6 Å². The summed E-state index contributed by atoms with van der Waals surface area (Å²) in [6.07, 6.45) is 3.85. The number of benzene rings is 2. The van der Waals surface area contributed by atoms with Crippen molar-refractivity contribution < 1.29 is 4.79 Å². The van der Waals surface area contributed by atoms with Gasteiger partial charge < -0.3 is 10.7 Å². The van der Waals surface area contributed by atoms with Crippen LogP contribution in [0.1, 0.15) is 32.9 Å². The average Bonchev–Trinajstić information content (AvgIpc) is 3.41. The first-order valence-corrected chi connectivity index (χ1v) is 9.12. The number of imidazole rings is 1. The van der Waals surface area contributed by atoms with Gasteiger partial charge in [0.2, 0.25) is 0 Å². The first-order valence-electron chi connectivity index (χ1n) is 9.12. The fourth-order valence-electron chi connectivity index (χ4n) is 3.72. The van der Waals surface area contributed by atoms with Crippen LogP contribution < -0.4 is 5.73 Å². The molecule has 0 bridgehead atoms. The highest BCUT2D eigenvalue weighted by Crippen LogP contribution is 2.30. The van der Waals surface area contributed by atoms with Gasteiger partial charge >= 0.3 is 0 Å². The summed E-state index contributed by atoms with van der Waals surface area (Å²) in [5, 5.41) is 13.4. The Kier molecular flexibility index (Phi) is 3.61. The van der Waals surface area contributed by atoms with Crippen LogP contribution in [-0.2, 0) is 6.42 Å². The van der Waals surface area contributed by atoms with E-state index in [9.17, 15) is 4.79 Å². The zero-order valence-electron chi connectivity index (χ0n) is 15.6. The van der Waals surface area contributed by atoms with Crippen molar-refractivity contribution in [2.75, 3.05) is 5.73 Å². The van der Waals surface area contributed by atoms with Gasteiger partial charge in [0, 0.05) is 12.0 Å². The Hall–Kier alpha value is -4.18.